The minimum atomic E-state index is -0.0880. The molecule has 0 amide bonds. The second-order valence-corrected chi connectivity index (χ2v) is 2.44. The monoisotopic (exact) mass is 148 g/mol. The lowest BCUT2D eigenvalue weighted by Gasteiger charge is -2.01. The molecule has 1 atom stereocenters. The molecule has 56 valence electrons. The first-order valence-corrected chi connectivity index (χ1v) is 3.39. The Balaban J connectivity index is 3.09. The molecular formula is C7H8N4. The van der Waals surface area contributed by atoms with Gasteiger partial charge in [-0.2, -0.15) is 9.58 Å². The molecule has 1 aliphatic rings. The van der Waals surface area contributed by atoms with E-state index in [1.165, 1.54) is 0 Å². The van der Waals surface area contributed by atoms with Crippen LogP contribution in [0.15, 0.2) is 12.2 Å². The highest BCUT2D eigenvalue weighted by atomic mass is 14.9. The van der Waals surface area contributed by atoms with E-state index in [-0.39, 0.29) is 5.92 Å². The van der Waals surface area contributed by atoms with Crippen LogP contribution in [0.4, 0.5) is 0 Å². The van der Waals surface area contributed by atoms with Gasteiger partial charge in [-0.3, -0.25) is 0 Å². The van der Waals surface area contributed by atoms with Gasteiger partial charge in [-0.25, -0.2) is 0 Å². The molecule has 1 aliphatic carbocycles. The Morgan fingerprint density at radius 2 is 2.18 bits per heavy atom. The molecule has 1 unspecified atom stereocenters. The van der Waals surface area contributed by atoms with E-state index in [1.807, 2.05) is 6.92 Å². The maximum atomic E-state index is 8.49. The fourth-order valence-corrected chi connectivity index (χ4v) is 1.04. The van der Waals surface area contributed by atoms with E-state index in [0.29, 0.717) is 17.8 Å². The van der Waals surface area contributed by atoms with E-state index in [9.17, 15) is 0 Å². The van der Waals surface area contributed by atoms with E-state index in [0.717, 1.165) is 0 Å². The molecule has 0 spiro atoms. The van der Waals surface area contributed by atoms with E-state index < -0.39 is 0 Å². The van der Waals surface area contributed by atoms with Crippen LogP contribution in [0.5, 0.6) is 0 Å². The standard InChI is InChI=1S/C7H8N4/c1-5-6(10-8)3-2-4-7(5)11-9/h2-3,5H,4H2,1H3. The maximum Gasteiger partial charge on any atom is 0.305 e. The molecule has 0 aromatic rings. The molecule has 4 nitrogen and oxygen atoms in total. The molecule has 0 aromatic heterocycles. The van der Waals surface area contributed by atoms with Crippen molar-refractivity contribution in [1.29, 1.82) is 0 Å². The van der Waals surface area contributed by atoms with Crippen LogP contribution in [0, 0.1) is 5.92 Å². The lowest BCUT2D eigenvalue weighted by molar-refractivity contribution is -0.0234. The molecule has 0 saturated carbocycles. The highest BCUT2D eigenvalue weighted by Crippen LogP contribution is 2.09. The van der Waals surface area contributed by atoms with Gasteiger partial charge in [0.05, 0.1) is 6.42 Å². The number of hydrogen-bond donors (Lipinski definition) is 0. The van der Waals surface area contributed by atoms with Crippen molar-refractivity contribution in [3.8, 4) is 0 Å². The van der Waals surface area contributed by atoms with Crippen LogP contribution in [0.25, 0.3) is 11.1 Å². The molecular weight excluding hydrogens is 140 g/mol. The SMILES string of the molecule is CC1C(=[N+]=[N-])C=CCC1=[N+]=[N-]. The Kier molecular flexibility index (Phi) is 2.12. The molecule has 0 bridgehead atoms. The third-order valence-corrected chi connectivity index (χ3v) is 1.80. The normalized spacial score (nSPS) is 22.8. The zero-order valence-corrected chi connectivity index (χ0v) is 6.23. The number of rotatable bonds is 0. The van der Waals surface area contributed by atoms with Crippen molar-refractivity contribution < 1.29 is 9.58 Å². The van der Waals surface area contributed by atoms with Crippen LogP contribution in [-0.4, -0.2) is 21.0 Å². The van der Waals surface area contributed by atoms with E-state index >= 15 is 0 Å². The highest BCUT2D eigenvalue weighted by Gasteiger charge is 2.30. The van der Waals surface area contributed by atoms with Crippen LogP contribution >= 0.6 is 0 Å². The summed E-state index contributed by atoms with van der Waals surface area (Å²) in [6, 6.07) is 0. The van der Waals surface area contributed by atoms with Crippen molar-refractivity contribution >= 4 is 11.4 Å². The Morgan fingerprint density at radius 3 is 2.73 bits per heavy atom. The summed E-state index contributed by atoms with van der Waals surface area (Å²) in [5, 5.41) is 0. The van der Waals surface area contributed by atoms with Crippen molar-refractivity contribution in [3.63, 3.8) is 0 Å². The molecule has 0 saturated heterocycles. The smallest absolute Gasteiger partial charge is 0.305 e. The quantitative estimate of drug-likeness (QED) is 0.362. The first-order chi connectivity index (χ1) is 5.29. The van der Waals surface area contributed by atoms with Gasteiger partial charge in [0.1, 0.15) is 0 Å². The van der Waals surface area contributed by atoms with E-state index in [4.69, 9.17) is 11.1 Å². The van der Waals surface area contributed by atoms with Gasteiger partial charge in [-0.05, 0) is 6.92 Å². The summed E-state index contributed by atoms with van der Waals surface area (Å²) < 4.78 is 0. The van der Waals surface area contributed by atoms with Gasteiger partial charge < -0.3 is 11.1 Å². The van der Waals surface area contributed by atoms with Gasteiger partial charge in [0.15, 0.2) is 5.92 Å². The highest BCUT2D eigenvalue weighted by molar-refractivity contribution is 6.10. The summed E-state index contributed by atoms with van der Waals surface area (Å²) in [5.74, 6) is -0.0880. The van der Waals surface area contributed by atoms with Crippen molar-refractivity contribution in [2.75, 3.05) is 0 Å². The van der Waals surface area contributed by atoms with Gasteiger partial charge in [-0.1, -0.05) is 6.08 Å². The van der Waals surface area contributed by atoms with Crippen molar-refractivity contribution in [1.82, 2.24) is 0 Å². The zero-order chi connectivity index (χ0) is 8.27. The lowest BCUT2D eigenvalue weighted by Crippen LogP contribution is -2.24. The molecule has 0 aliphatic heterocycles. The Morgan fingerprint density at radius 1 is 1.45 bits per heavy atom. The minimum Gasteiger partial charge on any atom is -0.362 e. The Hall–Kier alpha value is -1.50. The summed E-state index contributed by atoms with van der Waals surface area (Å²) in [7, 11) is 0. The minimum absolute atomic E-state index is 0.0880. The van der Waals surface area contributed by atoms with Crippen molar-refractivity contribution in [3.05, 3.63) is 23.2 Å². The Labute approximate surface area is 64.4 Å². The molecule has 11 heavy (non-hydrogen) atoms. The molecule has 0 fully saturated rings. The van der Waals surface area contributed by atoms with E-state index in [2.05, 4.69) is 9.58 Å². The van der Waals surface area contributed by atoms with Gasteiger partial charge in [-0.15, -0.1) is 0 Å². The summed E-state index contributed by atoms with van der Waals surface area (Å²) >= 11 is 0. The van der Waals surface area contributed by atoms with Crippen LogP contribution in [0.3, 0.4) is 0 Å². The van der Waals surface area contributed by atoms with Crippen molar-refractivity contribution in [2.24, 2.45) is 5.92 Å². The fourth-order valence-electron chi connectivity index (χ4n) is 1.04. The fraction of sp³-hybridized carbons (Fsp3) is 0.429. The maximum absolute atomic E-state index is 8.49. The first-order valence-electron chi connectivity index (χ1n) is 3.39. The average Bonchev–Trinajstić information content (AvgIpc) is 2.05. The van der Waals surface area contributed by atoms with Gasteiger partial charge in [0, 0.05) is 6.08 Å². The van der Waals surface area contributed by atoms with Crippen molar-refractivity contribution in [2.45, 2.75) is 13.3 Å². The van der Waals surface area contributed by atoms with Crippen LogP contribution in [-0.2, 0) is 0 Å². The summed E-state index contributed by atoms with van der Waals surface area (Å²) in [6.45, 7) is 1.83. The molecule has 1 rings (SSSR count). The number of hydrogen-bond acceptors (Lipinski definition) is 0. The molecule has 0 aromatic carbocycles. The predicted molar refractivity (Wildman–Crippen MR) is 40.2 cm³/mol. The third-order valence-electron chi connectivity index (χ3n) is 1.80. The summed E-state index contributed by atoms with van der Waals surface area (Å²) in [5.41, 5.74) is 18.1. The van der Waals surface area contributed by atoms with Gasteiger partial charge in [0.2, 0.25) is 0 Å². The first kappa shape index (κ1) is 7.61. The largest absolute Gasteiger partial charge is 0.362 e. The topological polar surface area (TPSA) is 72.8 Å². The summed E-state index contributed by atoms with van der Waals surface area (Å²) in [4.78, 5) is 6.16. The zero-order valence-electron chi connectivity index (χ0n) is 6.23. The lowest BCUT2D eigenvalue weighted by atomic mass is 9.92. The average molecular weight is 148 g/mol. The van der Waals surface area contributed by atoms with Crippen LogP contribution in [0.2, 0.25) is 0 Å². The molecule has 0 N–H and O–H groups in total. The van der Waals surface area contributed by atoms with E-state index in [1.54, 1.807) is 12.2 Å². The third kappa shape index (κ3) is 1.32. The molecule has 0 heterocycles. The van der Waals surface area contributed by atoms with Crippen LogP contribution in [0.1, 0.15) is 13.3 Å². The Bertz CT molecular complexity index is 290. The van der Waals surface area contributed by atoms with Gasteiger partial charge in [0.25, 0.3) is 5.71 Å². The number of nitrogens with zero attached hydrogens (tertiary/aromatic N) is 4. The number of allylic oxidation sites excluding steroid dienone is 2. The molecule has 4 heteroatoms. The second-order valence-electron chi connectivity index (χ2n) is 2.44. The second kappa shape index (κ2) is 3.06. The summed E-state index contributed by atoms with van der Waals surface area (Å²) in [6.07, 6.45) is 4.14. The molecule has 0 radical (unpaired) electrons. The van der Waals surface area contributed by atoms with Gasteiger partial charge >= 0.3 is 5.71 Å². The predicted octanol–water partition coefficient (Wildman–Crippen LogP) is 0.924. The van der Waals surface area contributed by atoms with Crippen LogP contribution < -0.4 is 0 Å².